The fourth-order valence-electron chi connectivity index (χ4n) is 3.00. The third kappa shape index (κ3) is 7.78. The predicted molar refractivity (Wildman–Crippen MR) is 116 cm³/mol. The molecule has 0 aromatic heterocycles. The van der Waals surface area contributed by atoms with E-state index in [-0.39, 0.29) is 11.6 Å². The van der Waals surface area contributed by atoms with Crippen LogP contribution in [0.25, 0.3) is 0 Å². The van der Waals surface area contributed by atoms with Crippen LogP contribution in [0.15, 0.2) is 58.5 Å². The van der Waals surface area contributed by atoms with E-state index in [4.69, 9.17) is 0 Å². The number of carbonyl (C=O) groups excluding carboxylic acids is 2. The van der Waals surface area contributed by atoms with Crippen molar-refractivity contribution in [2.75, 3.05) is 0 Å². The van der Waals surface area contributed by atoms with Crippen LogP contribution in [-0.4, -0.2) is 23.0 Å². The van der Waals surface area contributed by atoms with Crippen LogP contribution in [0.1, 0.15) is 51.7 Å². The fourth-order valence-corrected chi connectivity index (χ4v) is 3.00. The molecule has 0 aliphatic heterocycles. The predicted octanol–water partition coefficient (Wildman–Crippen LogP) is 5.61. The maximum atomic E-state index is 11.1. The molecule has 0 fully saturated rings. The summed E-state index contributed by atoms with van der Waals surface area (Å²) >= 11 is 0. The normalized spacial score (nSPS) is 12.1. The van der Waals surface area contributed by atoms with E-state index >= 15 is 0 Å². The minimum Gasteiger partial charge on any atom is -0.300 e. The second-order valence-electron chi connectivity index (χ2n) is 7.28. The standard InChI is InChI=1S/C24H28N2O2/c1-17(15-19(3)27)25-23-11-7-21(8-12-23)5-6-22-9-13-24(14-10-22)26-18(2)16-20(4)28/h7-14H,5-6,15-16H2,1-4H3. The Morgan fingerprint density at radius 1 is 0.607 bits per heavy atom. The highest BCUT2D eigenvalue weighted by Crippen LogP contribution is 2.18. The Bertz CT molecular complexity index is 800. The van der Waals surface area contributed by atoms with Crippen molar-refractivity contribution >= 4 is 34.4 Å². The third-order valence-electron chi connectivity index (χ3n) is 4.22. The summed E-state index contributed by atoms with van der Waals surface area (Å²) in [5.41, 5.74) is 5.93. The lowest BCUT2D eigenvalue weighted by Gasteiger charge is -2.05. The van der Waals surface area contributed by atoms with Gasteiger partial charge in [0.25, 0.3) is 0 Å². The van der Waals surface area contributed by atoms with E-state index in [1.165, 1.54) is 11.1 Å². The van der Waals surface area contributed by atoms with Crippen LogP contribution in [0.5, 0.6) is 0 Å². The molecule has 0 spiro atoms. The monoisotopic (exact) mass is 376 g/mol. The van der Waals surface area contributed by atoms with E-state index in [0.717, 1.165) is 35.6 Å². The highest BCUT2D eigenvalue weighted by Gasteiger charge is 2.01. The quantitative estimate of drug-likeness (QED) is 0.534. The summed E-state index contributed by atoms with van der Waals surface area (Å²) < 4.78 is 0. The van der Waals surface area contributed by atoms with Gasteiger partial charge in [0.2, 0.25) is 0 Å². The van der Waals surface area contributed by atoms with Gasteiger partial charge in [0.05, 0.1) is 11.4 Å². The number of benzene rings is 2. The Morgan fingerprint density at radius 2 is 0.929 bits per heavy atom. The van der Waals surface area contributed by atoms with Crippen LogP contribution in [0.4, 0.5) is 11.4 Å². The summed E-state index contributed by atoms with van der Waals surface area (Å²) in [5.74, 6) is 0.257. The average Bonchev–Trinajstić information content (AvgIpc) is 2.61. The van der Waals surface area contributed by atoms with Crippen LogP contribution in [0.2, 0.25) is 0 Å². The molecule has 0 saturated heterocycles. The lowest BCUT2D eigenvalue weighted by molar-refractivity contribution is -0.116. The molecule has 4 heteroatoms. The topological polar surface area (TPSA) is 58.9 Å². The summed E-state index contributed by atoms with van der Waals surface area (Å²) in [6, 6.07) is 16.3. The lowest BCUT2D eigenvalue weighted by atomic mass is 10.0. The van der Waals surface area contributed by atoms with Crippen molar-refractivity contribution in [1.82, 2.24) is 0 Å². The zero-order chi connectivity index (χ0) is 20.5. The molecule has 0 radical (unpaired) electrons. The number of hydrogen-bond acceptors (Lipinski definition) is 4. The Morgan fingerprint density at radius 3 is 1.21 bits per heavy atom. The Kier molecular flexibility index (Phi) is 8.00. The van der Waals surface area contributed by atoms with Crippen molar-refractivity contribution in [3.05, 3.63) is 59.7 Å². The van der Waals surface area contributed by atoms with E-state index in [9.17, 15) is 9.59 Å². The SMILES string of the molecule is CC(=O)CC(C)=Nc1ccc(CCc2ccc(N=C(C)CC(C)=O)cc2)cc1. The first-order valence-electron chi connectivity index (χ1n) is 9.57. The summed E-state index contributed by atoms with van der Waals surface area (Å²) in [5, 5.41) is 0. The van der Waals surface area contributed by atoms with Gasteiger partial charge in [-0.1, -0.05) is 24.3 Å². The first-order valence-corrected chi connectivity index (χ1v) is 9.57. The molecular formula is C24H28N2O2. The molecule has 0 N–H and O–H groups in total. The zero-order valence-electron chi connectivity index (χ0n) is 17.2. The first kappa shape index (κ1) is 21.4. The number of hydrogen-bond donors (Lipinski definition) is 0. The molecule has 0 saturated carbocycles. The second-order valence-corrected chi connectivity index (χ2v) is 7.28. The molecule has 2 rings (SSSR count). The highest BCUT2D eigenvalue weighted by atomic mass is 16.1. The summed E-state index contributed by atoms with van der Waals surface area (Å²) in [4.78, 5) is 31.2. The molecule has 146 valence electrons. The molecule has 0 atom stereocenters. The molecule has 4 nitrogen and oxygen atoms in total. The van der Waals surface area contributed by atoms with Crippen LogP contribution in [-0.2, 0) is 22.4 Å². The van der Waals surface area contributed by atoms with Crippen molar-refractivity contribution in [1.29, 1.82) is 0 Å². The number of nitrogens with zero attached hydrogens (tertiary/aromatic N) is 2. The smallest absolute Gasteiger partial charge is 0.135 e. The highest BCUT2D eigenvalue weighted by molar-refractivity contribution is 6.01. The van der Waals surface area contributed by atoms with Crippen LogP contribution < -0.4 is 0 Å². The van der Waals surface area contributed by atoms with Gasteiger partial charge in [-0.15, -0.1) is 0 Å². The van der Waals surface area contributed by atoms with E-state index in [2.05, 4.69) is 34.3 Å². The summed E-state index contributed by atoms with van der Waals surface area (Å²) in [6.45, 7) is 6.91. The molecule has 28 heavy (non-hydrogen) atoms. The first-order chi connectivity index (χ1) is 13.3. The molecule has 0 unspecified atom stereocenters. The van der Waals surface area contributed by atoms with Crippen molar-refractivity contribution < 1.29 is 9.59 Å². The lowest BCUT2D eigenvalue weighted by Crippen LogP contribution is -1.99. The molecule has 0 bridgehead atoms. The summed E-state index contributed by atoms with van der Waals surface area (Å²) in [6.07, 6.45) is 2.69. The van der Waals surface area contributed by atoms with E-state index in [1.54, 1.807) is 13.8 Å². The van der Waals surface area contributed by atoms with Crippen molar-refractivity contribution in [2.24, 2.45) is 9.98 Å². The van der Waals surface area contributed by atoms with Gasteiger partial charge >= 0.3 is 0 Å². The molecule has 0 aliphatic rings. The van der Waals surface area contributed by atoms with Crippen molar-refractivity contribution in [3.63, 3.8) is 0 Å². The van der Waals surface area contributed by atoms with Gasteiger partial charge in [0, 0.05) is 24.3 Å². The summed E-state index contributed by atoms with van der Waals surface area (Å²) in [7, 11) is 0. The second kappa shape index (κ2) is 10.5. The zero-order valence-corrected chi connectivity index (χ0v) is 17.2. The van der Waals surface area contributed by atoms with Gasteiger partial charge < -0.3 is 0 Å². The third-order valence-corrected chi connectivity index (χ3v) is 4.22. The molecule has 0 aliphatic carbocycles. The number of aliphatic imine (C=N–C) groups is 2. The number of Topliss-reactive ketones (excluding diaryl/α,β-unsaturated/α-hetero) is 2. The van der Waals surface area contributed by atoms with E-state index in [0.29, 0.717) is 12.8 Å². The Hall–Kier alpha value is -2.88. The van der Waals surface area contributed by atoms with Gasteiger partial charge in [0.15, 0.2) is 0 Å². The number of rotatable bonds is 9. The Balaban J connectivity index is 1.91. The van der Waals surface area contributed by atoms with Crippen molar-refractivity contribution in [3.8, 4) is 0 Å². The van der Waals surface area contributed by atoms with Crippen LogP contribution in [0.3, 0.4) is 0 Å². The molecular weight excluding hydrogens is 348 g/mol. The van der Waals surface area contributed by atoms with Crippen molar-refractivity contribution in [2.45, 2.75) is 53.4 Å². The van der Waals surface area contributed by atoms with E-state index in [1.807, 2.05) is 38.1 Å². The minimum absolute atomic E-state index is 0.128. The minimum atomic E-state index is 0.128. The molecule has 0 heterocycles. The number of ketones is 2. The van der Waals surface area contributed by atoms with Gasteiger partial charge in [-0.2, -0.15) is 0 Å². The van der Waals surface area contributed by atoms with E-state index < -0.39 is 0 Å². The Labute approximate surface area is 167 Å². The molecule has 2 aromatic rings. The van der Waals surface area contributed by atoms with Gasteiger partial charge in [-0.25, -0.2) is 0 Å². The maximum absolute atomic E-state index is 11.1. The van der Waals surface area contributed by atoms with Crippen LogP contribution in [0, 0.1) is 0 Å². The number of aryl methyl sites for hydroxylation is 2. The van der Waals surface area contributed by atoms with Gasteiger partial charge in [0.1, 0.15) is 11.6 Å². The number of carbonyl (C=O) groups is 2. The molecule has 0 amide bonds. The maximum Gasteiger partial charge on any atom is 0.135 e. The van der Waals surface area contributed by atoms with Gasteiger partial charge in [-0.05, 0) is 75.9 Å². The fraction of sp³-hybridized carbons (Fsp3) is 0.333. The van der Waals surface area contributed by atoms with Gasteiger partial charge in [-0.3, -0.25) is 19.6 Å². The average molecular weight is 377 g/mol. The van der Waals surface area contributed by atoms with Crippen LogP contribution >= 0.6 is 0 Å². The molecule has 2 aromatic carbocycles. The largest absolute Gasteiger partial charge is 0.300 e.